The van der Waals surface area contributed by atoms with Gasteiger partial charge in [-0.15, -0.1) is 0 Å². The van der Waals surface area contributed by atoms with Crippen molar-refractivity contribution in [1.82, 2.24) is 9.78 Å². The Kier molecular flexibility index (Phi) is 2.19. The average molecular weight is 259 g/mol. The first-order valence-corrected chi connectivity index (χ1v) is 7.40. The summed E-state index contributed by atoms with van der Waals surface area (Å²) in [6.45, 7) is 0. The molecule has 102 valence electrons. The minimum atomic E-state index is -0.173. The number of nitrogens with zero attached hydrogens (tertiary/aromatic N) is 2. The Morgan fingerprint density at radius 2 is 1.74 bits per heavy atom. The van der Waals surface area contributed by atoms with Crippen molar-refractivity contribution in [1.29, 1.82) is 0 Å². The van der Waals surface area contributed by atoms with Gasteiger partial charge in [0.15, 0.2) is 0 Å². The van der Waals surface area contributed by atoms with E-state index in [1.807, 2.05) is 6.07 Å². The number of nitrogens with two attached hydrogens (primary N) is 1. The zero-order valence-electron chi connectivity index (χ0n) is 11.4. The van der Waals surface area contributed by atoms with Crippen molar-refractivity contribution in [3.05, 3.63) is 22.1 Å². The van der Waals surface area contributed by atoms with E-state index in [1.54, 1.807) is 7.05 Å². The Morgan fingerprint density at radius 1 is 1.21 bits per heavy atom. The minimum Gasteiger partial charge on any atom is -0.394 e. The molecule has 1 aromatic rings. The fraction of sp³-hybridized carbons (Fsp3) is 0.733. The summed E-state index contributed by atoms with van der Waals surface area (Å²) in [6, 6.07) is 1.86. The first-order valence-electron chi connectivity index (χ1n) is 7.40. The van der Waals surface area contributed by atoms with Gasteiger partial charge in [0, 0.05) is 12.5 Å². The van der Waals surface area contributed by atoms with Crippen molar-refractivity contribution in [2.24, 2.45) is 24.8 Å². The van der Waals surface area contributed by atoms with Crippen LogP contribution >= 0.6 is 0 Å². The number of aromatic nitrogens is 2. The second kappa shape index (κ2) is 3.62. The quantitative estimate of drug-likeness (QED) is 0.837. The van der Waals surface area contributed by atoms with Crippen molar-refractivity contribution in [2.45, 2.75) is 43.9 Å². The van der Waals surface area contributed by atoms with Crippen molar-refractivity contribution in [2.75, 3.05) is 5.73 Å². The summed E-state index contributed by atoms with van der Waals surface area (Å²) >= 11 is 0. The van der Waals surface area contributed by atoms with Gasteiger partial charge in [-0.3, -0.25) is 4.79 Å². The summed E-state index contributed by atoms with van der Waals surface area (Å²) in [5.74, 6) is 2.64. The number of nitrogen functional groups attached to an aromatic ring is 1. The van der Waals surface area contributed by atoms with E-state index in [0.29, 0.717) is 5.69 Å². The molecule has 4 aliphatic rings. The van der Waals surface area contributed by atoms with Crippen LogP contribution in [0.3, 0.4) is 0 Å². The summed E-state index contributed by atoms with van der Waals surface area (Å²) in [6.07, 6.45) is 8.01. The van der Waals surface area contributed by atoms with E-state index in [4.69, 9.17) is 5.73 Å². The predicted molar refractivity (Wildman–Crippen MR) is 73.7 cm³/mol. The number of hydrogen-bond donors (Lipinski definition) is 1. The summed E-state index contributed by atoms with van der Waals surface area (Å²) in [4.78, 5) is 11.7. The highest BCUT2D eigenvalue weighted by Crippen LogP contribution is 2.60. The lowest BCUT2D eigenvalue weighted by atomic mass is 9.49. The standard InChI is InChI=1S/C15H21N3O/c1-18-14(19)12(16)5-13(17-18)15-6-9-2-10(7-15)4-11(3-9)8-15/h5,9-11H,2-4,6-8,16H2,1H3. The van der Waals surface area contributed by atoms with Gasteiger partial charge >= 0.3 is 0 Å². The monoisotopic (exact) mass is 259 g/mol. The Bertz CT molecular complexity index is 528. The first kappa shape index (κ1) is 11.5. The highest BCUT2D eigenvalue weighted by atomic mass is 16.1. The van der Waals surface area contributed by atoms with Gasteiger partial charge in [0.2, 0.25) is 0 Å². The third-order valence-electron chi connectivity index (χ3n) is 5.67. The van der Waals surface area contributed by atoms with E-state index >= 15 is 0 Å². The molecule has 0 saturated heterocycles. The van der Waals surface area contributed by atoms with Crippen molar-refractivity contribution >= 4 is 5.69 Å². The number of rotatable bonds is 1. The summed E-state index contributed by atoms with van der Waals surface area (Å²) in [5, 5.41) is 4.55. The van der Waals surface area contributed by atoms with E-state index in [2.05, 4.69) is 5.10 Å². The molecule has 4 bridgehead atoms. The number of anilines is 1. The lowest BCUT2D eigenvalue weighted by molar-refractivity contribution is -0.00794. The molecule has 2 N–H and O–H groups in total. The summed E-state index contributed by atoms with van der Waals surface area (Å²) in [7, 11) is 1.71. The minimum absolute atomic E-state index is 0.173. The number of hydrogen-bond acceptors (Lipinski definition) is 3. The molecule has 4 heteroatoms. The third-order valence-corrected chi connectivity index (χ3v) is 5.67. The smallest absolute Gasteiger partial charge is 0.289 e. The van der Waals surface area contributed by atoms with Crippen LogP contribution in [0.5, 0.6) is 0 Å². The molecular weight excluding hydrogens is 238 g/mol. The van der Waals surface area contributed by atoms with Crippen molar-refractivity contribution < 1.29 is 0 Å². The van der Waals surface area contributed by atoms with Gasteiger partial charge in [-0.1, -0.05) is 0 Å². The Morgan fingerprint density at radius 3 is 2.21 bits per heavy atom. The van der Waals surface area contributed by atoms with Gasteiger partial charge < -0.3 is 5.73 Å². The van der Waals surface area contributed by atoms with Crippen LogP contribution in [0.1, 0.15) is 44.2 Å². The highest BCUT2D eigenvalue weighted by Gasteiger charge is 2.52. The summed E-state index contributed by atoms with van der Waals surface area (Å²) in [5.41, 5.74) is 7.34. The zero-order valence-corrected chi connectivity index (χ0v) is 11.4. The third kappa shape index (κ3) is 1.58. The highest BCUT2D eigenvalue weighted by molar-refractivity contribution is 5.38. The van der Waals surface area contributed by atoms with E-state index in [9.17, 15) is 4.79 Å². The predicted octanol–water partition coefficient (Wildman–Crippen LogP) is 1.83. The molecule has 0 atom stereocenters. The second-order valence-electron chi connectivity index (χ2n) is 7.11. The van der Waals surface area contributed by atoms with Crippen LogP contribution in [0, 0.1) is 17.8 Å². The Hall–Kier alpha value is -1.32. The van der Waals surface area contributed by atoms with Crippen LogP contribution in [0.4, 0.5) is 5.69 Å². The van der Waals surface area contributed by atoms with Crippen LogP contribution in [0.2, 0.25) is 0 Å². The van der Waals surface area contributed by atoms with Gasteiger partial charge in [0.05, 0.1) is 5.69 Å². The molecule has 19 heavy (non-hydrogen) atoms. The lowest BCUT2D eigenvalue weighted by Crippen LogP contribution is -2.49. The van der Waals surface area contributed by atoms with E-state index in [-0.39, 0.29) is 11.0 Å². The topological polar surface area (TPSA) is 60.9 Å². The molecule has 4 aliphatic carbocycles. The van der Waals surface area contributed by atoms with E-state index in [1.165, 1.54) is 43.2 Å². The zero-order chi connectivity index (χ0) is 13.2. The van der Waals surface area contributed by atoms with Gasteiger partial charge in [-0.25, -0.2) is 4.68 Å². The normalized spacial score (nSPS) is 39.7. The van der Waals surface area contributed by atoms with Crippen LogP contribution in [0.25, 0.3) is 0 Å². The molecule has 4 nitrogen and oxygen atoms in total. The molecule has 0 spiro atoms. The molecule has 4 fully saturated rings. The Labute approximate surface area is 113 Å². The molecule has 1 aromatic heterocycles. The van der Waals surface area contributed by atoms with Crippen molar-refractivity contribution in [3.63, 3.8) is 0 Å². The lowest BCUT2D eigenvalue weighted by Gasteiger charge is -2.56. The maximum atomic E-state index is 11.7. The molecule has 0 radical (unpaired) electrons. The van der Waals surface area contributed by atoms with Gasteiger partial charge in [0.25, 0.3) is 5.56 Å². The molecule has 0 unspecified atom stereocenters. The fourth-order valence-electron chi connectivity index (χ4n) is 5.32. The van der Waals surface area contributed by atoms with Crippen LogP contribution in [-0.4, -0.2) is 9.78 Å². The molecule has 4 saturated carbocycles. The second-order valence-corrected chi connectivity index (χ2v) is 7.11. The first-order chi connectivity index (χ1) is 9.06. The van der Waals surface area contributed by atoms with Crippen LogP contribution in [-0.2, 0) is 12.5 Å². The van der Waals surface area contributed by atoms with Gasteiger partial charge in [-0.05, 0) is 62.3 Å². The van der Waals surface area contributed by atoms with E-state index < -0.39 is 0 Å². The fourth-order valence-corrected chi connectivity index (χ4v) is 5.32. The van der Waals surface area contributed by atoms with Crippen LogP contribution < -0.4 is 11.3 Å². The molecule has 1 heterocycles. The summed E-state index contributed by atoms with van der Waals surface area (Å²) < 4.78 is 1.42. The van der Waals surface area contributed by atoms with Gasteiger partial charge in [0.1, 0.15) is 5.69 Å². The molecule has 0 aromatic carbocycles. The average Bonchev–Trinajstić information content (AvgIpc) is 2.33. The van der Waals surface area contributed by atoms with Crippen LogP contribution in [0.15, 0.2) is 10.9 Å². The molecule has 0 aliphatic heterocycles. The van der Waals surface area contributed by atoms with Gasteiger partial charge in [-0.2, -0.15) is 5.10 Å². The molecule has 0 amide bonds. The molecular formula is C15H21N3O. The SMILES string of the molecule is Cn1nc(C23CC4CC(CC(C4)C2)C3)cc(N)c1=O. The molecule has 5 rings (SSSR count). The Balaban J connectivity index is 1.81. The number of aryl methyl sites for hydroxylation is 1. The maximum Gasteiger partial charge on any atom is 0.289 e. The van der Waals surface area contributed by atoms with Crippen molar-refractivity contribution in [3.8, 4) is 0 Å². The maximum absolute atomic E-state index is 11.7. The largest absolute Gasteiger partial charge is 0.394 e. The van der Waals surface area contributed by atoms with E-state index in [0.717, 1.165) is 23.4 Å².